The molecule has 0 aromatic heterocycles. The molecule has 0 saturated carbocycles. The Bertz CT molecular complexity index is 326. The van der Waals surface area contributed by atoms with Crippen molar-refractivity contribution in [3.8, 4) is 5.75 Å². The predicted molar refractivity (Wildman–Crippen MR) is 50.7 cm³/mol. The summed E-state index contributed by atoms with van der Waals surface area (Å²) >= 11 is 0. The van der Waals surface area contributed by atoms with Crippen molar-refractivity contribution in [3.05, 3.63) is 29.3 Å². The first-order valence-corrected chi connectivity index (χ1v) is 4.25. The van der Waals surface area contributed by atoms with Crippen molar-refractivity contribution in [2.75, 3.05) is 13.7 Å². The molecule has 0 radical (unpaired) electrons. The van der Waals surface area contributed by atoms with Gasteiger partial charge >= 0.3 is 0 Å². The number of nitrogens with two attached hydrogens (primary N) is 1. The molecule has 0 fully saturated rings. The highest BCUT2D eigenvalue weighted by atomic mass is 19.3. The van der Waals surface area contributed by atoms with Crippen LogP contribution in [0.1, 0.15) is 11.1 Å². The van der Waals surface area contributed by atoms with Gasteiger partial charge in [-0.1, -0.05) is 12.1 Å². The molecule has 0 bridgehead atoms. The molecular weight excluding hydrogens is 188 g/mol. The van der Waals surface area contributed by atoms with Crippen molar-refractivity contribution in [1.82, 2.24) is 0 Å². The molecule has 78 valence electrons. The van der Waals surface area contributed by atoms with Gasteiger partial charge in [0.2, 0.25) is 0 Å². The molecule has 0 unspecified atom stereocenters. The molecule has 0 aliphatic carbocycles. The average Bonchev–Trinajstić information content (AvgIpc) is 2.17. The summed E-state index contributed by atoms with van der Waals surface area (Å²) in [5, 5.41) is 0. The summed E-state index contributed by atoms with van der Waals surface area (Å²) in [6.45, 7) is 0.898. The fourth-order valence-electron chi connectivity index (χ4n) is 1.38. The van der Waals surface area contributed by atoms with Crippen LogP contribution < -0.4 is 10.5 Å². The van der Waals surface area contributed by atoms with Crippen molar-refractivity contribution >= 4 is 0 Å². The Labute approximate surface area is 81.7 Å². The van der Waals surface area contributed by atoms with Gasteiger partial charge in [0, 0.05) is 0 Å². The van der Waals surface area contributed by atoms with Crippen LogP contribution in [0.3, 0.4) is 0 Å². The lowest BCUT2D eigenvalue weighted by Crippen LogP contribution is -2.26. The highest BCUT2D eigenvalue weighted by Crippen LogP contribution is 2.36. The summed E-state index contributed by atoms with van der Waals surface area (Å²) in [5.41, 5.74) is 5.39. The van der Waals surface area contributed by atoms with Crippen molar-refractivity contribution in [1.29, 1.82) is 0 Å². The van der Waals surface area contributed by atoms with Gasteiger partial charge in [0.15, 0.2) is 0 Å². The lowest BCUT2D eigenvalue weighted by atomic mass is 10.0. The smallest absolute Gasteiger partial charge is 0.289 e. The normalized spacial score (nSPS) is 11.5. The molecule has 4 heteroatoms. The molecular formula is C10H13F2NO. The second-order valence-electron chi connectivity index (χ2n) is 3.06. The van der Waals surface area contributed by atoms with E-state index < -0.39 is 12.5 Å². The Hall–Kier alpha value is -1.16. The molecule has 1 rings (SSSR count). The van der Waals surface area contributed by atoms with E-state index in [1.165, 1.54) is 13.2 Å². The van der Waals surface area contributed by atoms with E-state index >= 15 is 0 Å². The van der Waals surface area contributed by atoms with Gasteiger partial charge in [-0.2, -0.15) is 8.78 Å². The molecule has 14 heavy (non-hydrogen) atoms. The van der Waals surface area contributed by atoms with E-state index in [4.69, 9.17) is 10.5 Å². The maximum atomic E-state index is 13.4. The van der Waals surface area contributed by atoms with Crippen LogP contribution in [0.2, 0.25) is 0 Å². The molecule has 0 heterocycles. The molecule has 2 nitrogen and oxygen atoms in total. The third-order valence-corrected chi connectivity index (χ3v) is 2.08. The first kappa shape index (κ1) is 10.9. The van der Waals surface area contributed by atoms with E-state index in [1.54, 1.807) is 19.1 Å². The predicted octanol–water partition coefficient (Wildman–Crippen LogP) is 2.05. The molecule has 2 N–H and O–H groups in total. The van der Waals surface area contributed by atoms with Crippen molar-refractivity contribution in [2.45, 2.75) is 12.8 Å². The number of hydrogen-bond acceptors (Lipinski definition) is 2. The molecule has 0 spiro atoms. The van der Waals surface area contributed by atoms with Gasteiger partial charge in [0.25, 0.3) is 5.92 Å². The monoisotopic (exact) mass is 201 g/mol. The zero-order chi connectivity index (χ0) is 10.8. The maximum Gasteiger partial charge on any atom is 0.289 e. The van der Waals surface area contributed by atoms with Crippen LogP contribution in [-0.4, -0.2) is 13.7 Å². The quantitative estimate of drug-likeness (QED) is 0.812. The summed E-state index contributed by atoms with van der Waals surface area (Å²) in [4.78, 5) is 0. The molecule has 0 amide bonds. The first-order chi connectivity index (χ1) is 6.53. The highest BCUT2D eigenvalue weighted by Gasteiger charge is 2.34. The molecule has 1 aromatic carbocycles. The number of aryl methyl sites for hydroxylation is 1. The Morgan fingerprint density at radius 3 is 2.57 bits per heavy atom. The minimum absolute atomic E-state index is 0.120. The van der Waals surface area contributed by atoms with Crippen molar-refractivity contribution in [2.24, 2.45) is 5.73 Å². The van der Waals surface area contributed by atoms with E-state index in [0.29, 0.717) is 5.56 Å². The Kier molecular flexibility index (Phi) is 3.06. The van der Waals surface area contributed by atoms with Crippen LogP contribution in [0.25, 0.3) is 0 Å². The van der Waals surface area contributed by atoms with Gasteiger partial charge < -0.3 is 10.5 Å². The van der Waals surface area contributed by atoms with Gasteiger partial charge in [-0.25, -0.2) is 0 Å². The summed E-state index contributed by atoms with van der Waals surface area (Å²) in [7, 11) is 1.37. The number of methoxy groups -OCH3 is 1. The number of hydrogen-bond donors (Lipinski definition) is 1. The number of benzene rings is 1. The van der Waals surface area contributed by atoms with Crippen LogP contribution in [-0.2, 0) is 5.92 Å². The third-order valence-electron chi connectivity index (χ3n) is 2.08. The fourth-order valence-corrected chi connectivity index (χ4v) is 1.38. The van der Waals surface area contributed by atoms with Crippen LogP contribution >= 0.6 is 0 Å². The van der Waals surface area contributed by atoms with Crippen molar-refractivity contribution in [3.63, 3.8) is 0 Å². The minimum atomic E-state index is -3.03. The van der Waals surface area contributed by atoms with E-state index in [-0.39, 0.29) is 11.3 Å². The summed E-state index contributed by atoms with van der Waals surface area (Å²) in [5.74, 6) is -2.85. The van der Waals surface area contributed by atoms with E-state index in [9.17, 15) is 8.78 Å². The van der Waals surface area contributed by atoms with Crippen LogP contribution in [0, 0.1) is 6.92 Å². The van der Waals surface area contributed by atoms with Crippen LogP contribution in [0.15, 0.2) is 18.2 Å². The molecule has 0 aliphatic heterocycles. The van der Waals surface area contributed by atoms with Crippen LogP contribution in [0.5, 0.6) is 5.75 Å². The Balaban J connectivity index is 3.30. The third kappa shape index (κ3) is 1.85. The zero-order valence-electron chi connectivity index (χ0n) is 8.18. The lowest BCUT2D eigenvalue weighted by Gasteiger charge is -2.19. The Morgan fingerprint density at radius 1 is 1.43 bits per heavy atom. The van der Waals surface area contributed by atoms with Crippen molar-refractivity contribution < 1.29 is 13.5 Å². The molecule has 0 aliphatic rings. The average molecular weight is 201 g/mol. The second kappa shape index (κ2) is 3.92. The highest BCUT2D eigenvalue weighted by molar-refractivity contribution is 5.42. The number of ether oxygens (including phenoxy) is 1. The Morgan fingerprint density at radius 2 is 2.07 bits per heavy atom. The van der Waals surface area contributed by atoms with Crippen LogP contribution in [0.4, 0.5) is 8.78 Å². The maximum absolute atomic E-state index is 13.4. The first-order valence-electron chi connectivity index (χ1n) is 4.25. The van der Waals surface area contributed by atoms with E-state index in [0.717, 1.165) is 0 Å². The number of halogens is 2. The van der Waals surface area contributed by atoms with E-state index in [2.05, 4.69) is 0 Å². The van der Waals surface area contributed by atoms with Gasteiger partial charge in [-0.05, 0) is 18.6 Å². The lowest BCUT2D eigenvalue weighted by molar-refractivity contribution is 0.00306. The topological polar surface area (TPSA) is 35.2 Å². The second-order valence-corrected chi connectivity index (χ2v) is 3.06. The summed E-state index contributed by atoms with van der Waals surface area (Å²) < 4.78 is 31.7. The van der Waals surface area contributed by atoms with Gasteiger partial charge in [0.1, 0.15) is 5.75 Å². The molecule has 0 atom stereocenters. The SMILES string of the molecule is COc1cccc(C)c1C(F)(F)CN. The molecule has 1 aromatic rings. The van der Waals surface area contributed by atoms with Gasteiger partial charge in [-0.15, -0.1) is 0 Å². The molecule has 0 saturated heterocycles. The fraction of sp³-hybridized carbons (Fsp3) is 0.400. The van der Waals surface area contributed by atoms with Gasteiger partial charge in [-0.3, -0.25) is 0 Å². The minimum Gasteiger partial charge on any atom is -0.496 e. The summed E-state index contributed by atoms with van der Waals surface area (Å²) in [6.07, 6.45) is 0. The standard InChI is InChI=1S/C10H13F2NO/c1-7-4-3-5-8(14-2)9(7)10(11,12)6-13/h3-5H,6,13H2,1-2H3. The number of rotatable bonds is 3. The zero-order valence-corrected chi connectivity index (χ0v) is 8.18. The largest absolute Gasteiger partial charge is 0.496 e. The van der Waals surface area contributed by atoms with E-state index in [1.807, 2.05) is 0 Å². The number of alkyl halides is 2. The summed E-state index contributed by atoms with van der Waals surface area (Å²) in [6, 6.07) is 4.79. The van der Waals surface area contributed by atoms with Gasteiger partial charge in [0.05, 0.1) is 19.2 Å².